The van der Waals surface area contributed by atoms with Gasteiger partial charge >= 0.3 is 5.97 Å². The van der Waals surface area contributed by atoms with Crippen molar-refractivity contribution in [2.75, 3.05) is 26.9 Å². The molecule has 4 aliphatic rings. The first-order chi connectivity index (χ1) is 41.5. The summed E-state index contributed by atoms with van der Waals surface area (Å²) in [6, 6.07) is 53.2. The average Bonchev–Trinajstić information content (AvgIpc) is 3.47. The summed E-state index contributed by atoms with van der Waals surface area (Å²) in [7, 11) is 1.56. The molecule has 19 nitrogen and oxygen atoms in total. The molecule has 0 saturated carbocycles. The van der Waals surface area contributed by atoms with Crippen molar-refractivity contribution in [1.29, 1.82) is 0 Å². The van der Waals surface area contributed by atoms with Gasteiger partial charge in [-0.15, -0.1) is 0 Å². The molecule has 10 rings (SSSR count). The molecule has 0 spiro atoms. The summed E-state index contributed by atoms with van der Waals surface area (Å²) in [5.74, 6) is -0.569. The van der Waals surface area contributed by atoms with Crippen LogP contribution >= 0.6 is 0 Å². The maximum absolute atomic E-state index is 13.8. The van der Waals surface area contributed by atoms with Crippen molar-refractivity contribution in [1.82, 2.24) is 10.6 Å². The van der Waals surface area contributed by atoms with E-state index in [0.717, 1.165) is 27.8 Å². The molecule has 19 heteroatoms. The molecule has 85 heavy (non-hydrogen) atoms. The topological polar surface area (TPSA) is 204 Å². The Morgan fingerprint density at radius 1 is 0.518 bits per heavy atom. The van der Waals surface area contributed by atoms with E-state index in [-0.39, 0.29) is 52.9 Å². The quantitative estimate of drug-likeness (QED) is 0.0503. The Morgan fingerprint density at radius 3 is 1.48 bits per heavy atom. The van der Waals surface area contributed by atoms with E-state index in [9.17, 15) is 14.4 Å². The first kappa shape index (κ1) is 61.0. The van der Waals surface area contributed by atoms with Gasteiger partial charge in [0.2, 0.25) is 18.1 Å². The molecule has 0 unspecified atom stereocenters. The number of benzene rings is 6. The third-order valence-electron chi connectivity index (χ3n) is 15.0. The molecule has 2 amide bonds. The van der Waals surface area contributed by atoms with Crippen LogP contribution in [-0.4, -0.2) is 137 Å². The summed E-state index contributed by atoms with van der Waals surface area (Å²) < 4.78 is 93.9. The van der Waals surface area contributed by atoms with E-state index in [1.165, 1.54) is 13.8 Å². The van der Waals surface area contributed by atoms with Gasteiger partial charge in [0.15, 0.2) is 18.7 Å². The van der Waals surface area contributed by atoms with E-state index in [2.05, 4.69) is 10.6 Å². The molecular weight excluding hydrogens is 1090 g/mol. The minimum atomic E-state index is -1.38. The van der Waals surface area contributed by atoms with Crippen molar-refractivity contribution in [2.45, 2.75) is 146 Å². The van der Waals surface area contributed by atoms with Gasteiger partial charge in [-0.05, 0) is 59.0 Å². The van der Waals surface area contributed by atoms with Crippen molar-refractivity contribution in [2.24, 2.45) is 0 Å². The van der Waals surface area contributed by atoms with E-state index < -0.39 is 110 Å². The number of morpholine rings is 1. The monoisotopic (exact) mass is 1170 g/mol. The van der Waals surface area contributed by atoms with Gasteiger partial charge < -0.3 is 76.9 Å². The molecule has 6 aromatic rings. The second-order valence-electron chi connectivity index (χ2n) is 21.2. The van der Waals surface area contributed by atoms with Crippen molar-refractivity contribution < 1.29 is 80.7 Å². The second kappa shape index (κ2) is 30.3. The predicted molar refractivity (Wildman–Crippen MR) is 307 cm³/mol. The highest BCUT2D eigenvalue weighted by atomic mass is 16.8. The highest BCUT2D eigenvalue weighted by Gasteiger charge is 2.58. The normalized spacial score (nSPS) is 28.3. The lowest BCUT2D eigenvalue weighted by atomic mass is 9.93. The number of esters is 1. The molecular formula is C66H74N2O17. The van der Waals surface area contributed by atoms with Crippen LogP contribution in [0.2, 0.25) is 0 Å². The molecule has 0 radical (unpaired) electrons. The Hall–Kier alpha value is -7.11. The van der Waals surface area contributed by atoms with Crippen molar-refractivity contribution in [3.8, 4) is 11.5 Å². The minimum Gasteiger partial charge on any atom is -0.497 e. The first-order valence-corrected chi connectivity index (χ1v) is 28.7. The molecule has 15 atom stereocenters. The van der Waals surface area contributed by atoms with Gasteiger partial charge in [-0.1, -0.05) is 152 Å². The standard InChI is InChI=1S/C66H74N2O17/c1-42-57(75-36-47-24-14-7-15-25-47)62(76-37-48-26-16-8-17-27-48)63(77-38-49-28-18-9-19-29-49)66(79-42)85-61-56(67-43(2)69)64(81-51-32-30-50(72-4)31-33-51)82-53(40-74-35-46-22-12-6-13-23-46)59(61)84-65-55-60(78-41-54(71)68-55)58(80-44(3)70)52(83-65)39-73-34-45-20-10-5-11-21-45/h5-33,42,52-53,55-66H,34-41H2,1-4H3,(H,67,69)(H,68,71)/t42-,52+,53+,55+,56+,57+,58-,59+,60+,61+,62+,63-,64+,65-,66-/m0/s1. The number of fused-ring (bicyclic) bond motifs is 1. The van der Waals surface area contributed by atoms with Crippen LogP contribution in [-0.2, 0) is 104 Å². The number of rotatable bonds is 26. The van der Waals surface area contributed by atoms with Crippen LogP contribution in [0.1, 0.15) is 48.6 Å². The second-order valence-corrected chi connectivity index (χ2v) is 21.2. The smallest absolute Gasteiger partial charge is 0.303 e. The fraction of sp³-hybridized carbons (Fsp3) is 0.409. The van der Waals surface area contributed by atoms with E-state index >= 15 is 0 Å². The number of hydrogen-bond acceptors (Lipinski definition) is 17. The Morgan fingerprint density at radius 2 is 0.976 bits per heavy atom. The summed E-state index contributed by atoms with van der Waals surface area (Å²) in [6.07, 6.45) is -14.0. The summed E-state index contributed by atoms with van der Waals surface area (Å²) in [6.45, 7) is 4.88. The van der Waals surface area contributed by atoms with E-state index in [1.807, 2.05) is 159 Å². The van der Waals surface area contributed by atoms with Gasteiger partial charge in [0, 0.05) is 13.8 Å². The maximum atomic E-state index is 13.8. The van der Waals surface area contributed by atoms with E-state index in [1.54, 1.807) is 31.4 Å². The van der Waals surface area contributed by atoms with Gasteiger partial charge in [-0.2, -0.15) is 0 Å². The number of methoxy groups -OCH3 is 1. The molecule has 6 aromatic carbocycles. The van der Waals surface area contributed by atoms with Crippen LogP contribution in [0.3, 0.4) is 0 Å². The molecule has 4 saturated heterocycles. The number of carbonyl (C=O) groups is 3. The lowest BCUT2D eigenvalue weighted by Gasteiger charge is -2.52. The lowest BCUT2D eigenvalue weighted by Crippen LogP contribution is -2.72. The molecule has 4 fully saturated rings. The van der Waals surface area contributed by atoms with Crippen molar-refractivity contribution in [3.05, 3.63) is 204 Å². The molecule has 0 aromatic heterocycles. The third-order valence-corrected chi connectivity index (χ3v) is 15.0. The predicted octanol–water partition coefficient (Wildman–Crippen LogP) is 7.55. The molecule has 4 aliphatic heterocycles. The zero-order valence-corrected chi connectivity index (χ0v) is 48.0. The number of carbonyl (C=O) groups excluding carboxylic acids is 3. The summed E-state index contributed by atoms with van der Waals surface area (Å²) in [4.78, 5) is 40.2. The van der Waals surface area contributed by atoms with Crippen molar-refractivity contribution in [3.63, 3.8) is 0 Å². The van der Waals surface area contributed by atoms with Crippen LogP contribution in [0.4, 0.5) is 0 Å². The number of nitrogens with one attached hydrogen (secondary N) is 2. The van der Waals surface area contributed by atoms with E-state index in [0.29, 0.717) is 11.5 Å². The molecule has 0 aliphatic carbocycles. The Kier molecular flexibility index (Phi) is 21.7. The fourth-order valence-corrected chi connectivity index (χ4v) is 10.9. The zero-order chi connectivity index (χ0) is 58.9. The summed E-state index contributed by atoms with van der Waals surface area (Å²) in [5.41, 5.74) is 4.50. The van der Waals surface area contributed by atoms with Crippen LogP contribution in [0.15, 0.2) is 176 Å². The minimum absolute atomic E-state index is 0.0870. The highest BCUT2D eigenvalue weighted by molar-refractivity contribution is 5.78. The van der Waals surface area contributed by atoms with Gasteiger partial charge in [0.05, 0.1) is 59.5 Å². The summed E-state index contributed by atoms with van der Waals surface area (Å²) >= 11 is 0. The Balaban J connectivity index is 1.07. The number of hydrogen-bond donors (Lipinski definition) is 2. The van der Waals surface area contributed by atoms with Gasteiger partial charge in [0.1, 0.15) is 79.0 Å². The van der Waals surface area contributed by atoms with Crippen LogP contribution in [0.5, 0.6) is 11.5 Å². The third kappa shape index (κ3) is 16.7. The highest BCUT2D eigenvalue weighted by Crippen LogP contribution is 2.39. The molecule has 4 heterocycles. The van der Waals surface area contributed by atoms with Gasteiger partial charge in [-0.3, -0.25) is 14.4 Å². The fourth-order valence-electron chi connectivity index (χ4n) is 10.9. The Bertz CT molecular complexity index is 2990. The SMILES string of the molecule is COc1ccc(O[C@@H]2O[C@H](COCc3ccccc3)[C@@H](O[C@@H]3O[C@H](COCc4ccccc4)[C@H](OC(C)=O)[C@@H]4OCC(=O)N[C@@H]34)[C@H](O[C@@H]3O[C@@H](C)[C@@H](OCc4ccccc4)[C@@H](OCc4ccccc4)[C@@H]3OCc3ccccc3)[C@H]2NC(C)=O)cc1. The van der Waals surface area contributed by atoms with Crippen LogP contribution < -0.4 is 20.1 Å². The molecule has 450 valence electrons. The number of amides is 2. The van der Waals surface area contributed by atoms with Crippen molar-refractivity contribution >= 4 is 17.8 Å². The zero-order valence-electron chi connectivity index (χ0n) is 48.0. The molecule has 2 N–H and O–H groups in total. The number of ether oxygens (including phenoxy) is 14. The van der Waals surface area contributed by atoms with Gasteiger partial charge in [0.25, 0.3) is 0 Å². The largest absolute Gasteiger partial charge is 0.497 e. The maximum Gasteiger partial charge on any atom is 0.303 e. The van der Waals surface area contributed by atoms with E-state index in [4.69, 9.17) is 66.3 Å². The first-order valence-electron chi connectivity index (χ1n) is 28.7. The van der Waals surface area contributed by atoms with Gasteiger partial charge in [-0.25, -0.2) is 0 Å². The van der Waals surface area contributed by atoms with Crippen LogP contribution in [0, 0.1) is 0 Å². The molecule has 0 bridgehead atoms. The summed E-state index contributed by atoms with van der Waals surface area (Å²) in [5, 5.41) is 6.09. The van der Waals surface area contributed by atoms with Crippen LogP contribution in [0.25, 0.3) is 0 Å². The average molecular weight is 1170 g/mol. The lowest BCUT2D eigenvalue weighted by molar-refractivity contribution is -0.370. The Labute approximate surface area is 495 Å².